The third kappa shape index (κ3) is 3.64. The van der Waals surface area contributed by atoms with E-state index in [-0.39, 0.29) is 11.3 Å². The number of rotatable bonds is 4. The molecule has 2 rings (SSSR count). The third-order valence-corrected chi connectivity index (χ3v) is 4.02. The fourth-order valence-corrected chi connectivity index (χ4v) is 2.55. The Kier molecular flexibility index (Phi) is 4.67. The lowest BCUT2D eigenvalue weighted by atomic mass is 10.1. The van der Waals surface area contributed by atoms with Crippen molar-refractivity contribution in [3.63, 3.8) is 0 Å². The minimum absolute atomic E-state index is 0.00446. The number of carbonyl (C=O) groups is 1. The highest BCUT2D eigenvalue weighted by Crippen LogP contribution is 2.19. The number of Topliss-reactive ketones (excluding diaryl/α,β-unsaturated/α-hetero) is 1. The highest BCUT2D eigenvalue weighted by molar-refractivity contribution is 7.99. The van der Waals surface area contributed by atoms with Gasteiger partial charge in [-0.05, 0) is 38.5 Å². The number of hydrogen-bond donors (Lipinski definition) is 0. The lowest BCUT2D eigenvalue weighted by Gasteiger charge is -2.06. The van der Waals surface area contributed by atoms with Gasteiger partial charge in [0.2, 0.25) is 0 Å². The minimum atomic E-state index is -0.849. The van der Waals surface area contributed by atoms with Crippen LogP contribution in [-0.2, 0) is 0 Å². The van der Waals surface area contributed by atoms with Crippen LogP contribution < -0.4 is 0 Å². The number of hydrogen-bond acceptors (Lipinski definition) is 4. The third-order valence-electron chi connectivity index (χ3n) is 3.18. The standard InChI is InChI=1S/C15H14F2N2OS/c1-8-9(2)18-15(19-10(8)3)21-7-14(20)12-5-4-11(16)6-13(12)17/h4-6H,7H2,1-3H3. The van der Waals surface area contributed by atoms with Crippen LogP contribution in [-0.4, -0.2) is 21.5 Å². The maximum absolute atomic E-state index is 13.5. The first kappa shape index (κ1) is 15.6. The smallest absolute Gasteiger partial charge is 0.188 e. The summed E-state index contributed by atoms with van der Waals surface area (Å²) < 4.78 is 26.3. The molecule has 0 atom stereocenters. The lowest BCUT2D eigenvalue weighted by Crippen LogP contribution is -2.07. The summed E-state index contributed by atoms with van der Waals surface area (Å²) in [6, 6.07) is 2.92. The van der Waals surface area contributed by atoms with Gasteiger partial charge in [0.05, 0.1) is 11.3 Å². The Bertz CT molecular complexity index is 681. The van der Waals surface area contributed by atoms with Gasteiger partial charge < -0.3 is 0 Å². The van der Waals surface area contributed by atoms with E-state index >= 15 is 0 Å². The predicted molar refractivity (Wildman–Crippen MR) is 77.7 cm³/mol. The van der Waals surface area contributed by atoms with Gasteiger partial charge in [-0.25, -0.2) is 18.7 Å². The first-order valence-corrected chi connectivity index (χ1v) is 7.30. The van der Waals surface area contributed by atoms with Gasteiger partial charge in [-0.1, -0.05) is 11.8 Å². The molecule has 0 saturated heterocycles. The molecule has 0 aliphatic heterocycles. The van der Waals surface area contributed by atoms with Crippen LogP contribution in [0.2, 0.25) is 0 Å². The summed E-state index contributed by atoms with van der Waals surface area (Å²) in [6.07, 6.45) is 0. The number of carbonyl (C=O) groups excluding carboxylic acids is 1. The van der Waals surface area contributed by atoms with Gasteiger partial charge in [-0.15, -0.1) is 0 Å². The molecule has 1 aromatic carbocycles. The molecule has 110 valence electrons. The maximum Gasteiger partial charge on any atom is 0.188 e. The molecule has 0 bridgehead atoms. The fourth-order valence-electron chi connectivity index (χ4n) is 1.73. The molecule has 0 radical (unpaired) electrons. The van der Waals surface area contributed by atoms with Crippen molar-refractivity contribution >= 4 is 17.5 Å². The molecule has 3 nitrogen and oxygen atoms in total. The Morgan fingerprint density at radius 3 is 2.33 bits per heavy atom. The van der Waals surface area contributed by atoms with E-state index in [1.807, 2.05) is 20.8 Å². The summed E-state index contributed by atoms with van der Waals surface area (Å²) in [5.74, 6) is -1.97. The molecule has 0 aliphatic carbocycles. The van der Waals surface area contributed by atoms with Crippen LogP contribution in [0.5, 0.6) is 0 Å². The molecule has 1 heterocycles. The second-order valence-corrected chi connectivity index (χ2v) is 5.58. The Hall–Kier alpha value is -1.82. The van der Waals surface area contributed by atoms with E-state index in [9.17, 15) is 13.6 Å². The Morgan fingerprint density at radius 2 is 1.76 bits per heavy atom. The highest BCUT2D eigenvalue weighted by Gasteiger charge is 2.14. The first-order valence-electron chi connectivity index (χ1n) is 6.31. The van der Waals surface area contributed by atoms with Crippen LogP contribution in [0.25, 0.3) is 0 Å². The van der Waals surface area contributed by atoms with E-state index in [1.54, 1.807) is 0 Å². The van der Waals surface area contributed by atoms with Gasteiger partial charge in [-0.2, -0.15) is 0 Å². The number of ketones is 1. The van der Waals surface area contributed by atoms with Gasteiger partial charge in [0.1, 0.15) is 11.6 Å². The largest absolute Gasteiger partial charge is 0.293 e. The quantitative estimate of drug-likeness (QED) is 0.491. The second kappa shape index (κ2) is 6.30. The van der Waals surface area contributed by atoms with Crippen molar-refractivity contribution in [2.75, 3.05) is 5.75 Å². The monoisotopic (exact) mass is 308 g/mol. The summed E-state index contributed by atoms with van der Waals surface area (Å²) in [5, 5.41) is 0.478. The number of benzene rings is 1. The molecular weight excluding hydrogens is 294 g/mol. The van der Waals surface area contributed by atoms with Crippen LogP contribution in [0.15, 0.2) is 23.4 Å². The zero-order valence-electron chi connectivity index (χ0n) is 11.9. The summed E-state index contributed by atoms with van der Waals surface area (Å²) in [5.41, 5.74) is 2.59. The molecule has 1 aromatic heterocycles. The number of aryl methyl sites for hydroxylation is 2. The van der Waals surface area contributed by atoms with Crippen molar-refractivity contribution in [1.82, 2.24) is 9.97 Å². The average Bonchev–Trinajstić information content (AvgIpc) is 2.42. The zero-order chi connectivity index (χ0) is 15.6. The molecule has 0 spiro atoms. The lowest BCUT2D eigenvalue weighted by molar-refractivity contribution is 0.101. The van der Waals surface area contributed by atoms with Crippen molar-refractivity contribution in [2.24, 2.45) is 0 Å². The van der Waals surface area contributed by atoms with E-state index in [4.69, 9.17) is 0 Å². The Morgan fingerprint density at radius 1 is 1.14 bits per heavy atom. The highest BCUT2D eigenvalue weighted by atomic mass is 32.2. The summed E-state index contributed by atoms with van der Waals surface area (Å²) in [4.78, 5) is 20.5. The summed E-state index contributed by atoms with van der Waals surface area (Å²) >= 11 is 1.14. The minimum Gasteiger partial charge on any atom is -0.293 e. The first-order chi connectivity index (χ1) is 9.88. The molecule has 0 unspecified atom stereocenters. The molecule has 2 aromatic rings. The molecule has 0 fully saturated rings. The van der Waals surface area contributed by atoms with E-state index in [2.05, 4.69) is 9.97 Å². The fraction of sp³-hybridized carbons (Fsp3) is 0.267. The van der Waals surface area contributed by atoms with E-state index in [1.165, 1.54) is 0 Å². The topological polar surface area (TPSA) is 42.9 Å². The maximum atomic E-state index is 13.5. The number of thioether (sulfide) groups is 1. The van der Waals surface area contributed by atoms with Crippen LogP contribution in [0.3, 0.4) is 0 Å². The van der Waals surface area contributed by atoms with Crippen molar-refractivity contribution < 1.29 is 13.6 Å². The predicted octanol–water partition coefficient (Wildman–Crippen LogP) is 3.66. The van der Waals surface area contributed by atoms with Crippen LogP contribution >= 0.6 is 11.8 Å². The number of halogens is 2. The molecule has 0 aliphatic rings. The Balaban J connectivity index is 2.11. The van der Waals surface area contributed by atoms with E-state index in [0.717, 1.165) is 40.8 Å². The number of nitrogens with zero attached hydrogens (tertiary/aromatic N) is 2. The van der Waals surface area contributed by atoms with Crippen LogP contribution in [0, 0.1) is 32.4 Å². The SMILES string of the molecule is Cc1nc(SCC(=O)c2ccc(F)cc2F)nc(C)c1C. The van der Waals surface area contributed by atoms with Crippen molar-refractivity contribution in [3.8, 4) is 0 Å². The van der Waals surface area contributed by atoms with Crippen molar-refractivity contribution in [1.29, 1.82) is 0 Å². The molecule has 21 heavy (non-hydrogen) atoms. The van der Waals surface area contributed by atoms with Gasteiger partial charge in [0.15, 0.2) is 10.9 Å². The molecule has 0 N–H and O–H groups in total. The van der Waals surface area contributed by atoms with E-state index in [0.29, 0.717) is 11.2 Å². The average molecular weight is 308 g/mol. The van der Waals surface area contributed by atoms with Gasteiger partial charge >= 0.3 is 0 Å². The molecular formula is C15H14F2N2OS. The van der Waals surface area contributed by atoms with Gasteiger partial charge in [0, 0.05) is 17.5 Å². The van der Waals surface area contributed by atoms with E-state index < -0.39 is 17.4 Å². The van der Waals surface area contributed by atoms with Crippen molar-refractivity contribution in [2.45, 2.75) is 25.9 Å². The molecule has 6 heteroatoms. The zero-order valence-corrected chi connectivity index (χ0v) is 12.7. The number of aromatic nitrogens is 2. The van der Waals surface area contributed by atoms with Crippen LogP contribution in [0.1, 0.15) is 27.3 Å². The molecule has 0 saturated carbocycles. The second-order valence-electron chi connectivity index (χ2n) is 4.64. The van der Waals surface area contributed by atoms with Gasteiger partial charge in [-0.3, -0.25) is 4.79 Å². The summed E-state index contributed by atoms with van der Waals surface area (Å²) in [6.45, 7) is 5.67. The molecule has 0 amide bonds. The van der Waals surface area contributed by atoms with Gasteiger partial charge in [0.25, 0.3) is 0 Å². The van der Waals surface area contributed by atoms with Crippen LogP contribution in [0.4, 0.5) is 8.78 Å². The Labute approximate surface area is 125 Å². The normalized spacial score (nSPS) is 10.7. The summed E-state index contributed by atoms with van der Waals surface area (Å²) in [7, 11) is 0. The van der Waals surface area contributed by atoms with Crippen molar-refractivity contribution in [3.05, 3.63) is 52.3 Å².